The number of hydrogen-bond acceptors (Lipinski definition) is 6. The highest BCUT2D eigenvalue weighted by Gasteiger charge is 2.24. The number of pyridine rings is 1. The lowest BCUT2D eigenvalue weighted by Gasteiger charge is -2.28. The molecule has 1 aliphatic rings. The van der Waals surface area contributed by atoms with E-state index in [-0.39, 0.29) is 35.3 Å². The van der Waals surface area contributed by atoms with Crippen molar-refractivity contribution in [2.24, 2.45) is 5.92 Å². The number of nitrogen functional groups attached to an aromatic ring is 1. The highest BCUT2D eigenvalue weighted by atomic mass is 16.5. The Bertz CT molecular complexity index is 824. The summed E-state index contributed by atoms with van der Waals surface area (Å²) in [5, 5.41) is 9.16. The van der Waals surface area contributed by atoms with Crippen LogP contribution >= 0.6 is 0 Å². The molecule has 23 heavy (non-hydrogen) atoms. The highest BCUT2D eigenvalue weighted by molar-refractivity contribution is 5.85. The lowest BCUT2D eigenvalue weighted by Crippen LogP contribution is -2.29. The molecule has 0 unspecified atom stereocenters. The zero-order valence-electron chi connectivity index (χ0n) is 13.0. The minimum absolute atomic E-state index is 0.0560. The van der Waals surface area contributed by atoms with Gasteiger partial charge in [-0.2, -0.15) is 15.2 Å². The molecule has 2 aromatic heterocycles. The minimum Gasteiger partial charge on any atom is -0.460 e. The van der Waals surface area contributed by atoms with E-state index in [0.717, 1.165) is 19.3 Å². The SMILES string of the molecule is C[C@@H]1CCCC[C@@H]1Oc1nc(N)c2c(=O)ccn(CC#N)c2n1. The first-order valence-corrected chi connectivity index (χ1v) is 7.80. The number of rotatable bonds is 3. The Kier molecular flexibility index (Phi) is 4.15. The van der Waals surface area contributed by atoms with E-state index in [1.807, 2.05) is 6.07 Å². The molecule has 0 radical (unpaired) electrons. The van der Waals surface area contributed by atoms with Gasteiger partial charge in [0.15, 0.2) is 11.1 Å². The number of nitrogens with two attached hydrogens (primary N) is 1. The highest BCUT2D eigenvalue weighted by Crippen LogP contribution is 2.27. The standard InChI is InChI=1S/C16H19N5O2/c1-10-4-2-3-5-12(10)23-16-19-14(18)13-11(22)6-8-21(9-7-17)15(13)20-16/h6,8,10,12H,2-5,9H2,1H3,(H2,18,19,20)/t10-,12+/m1/s1. The molecule has 2 atom stereocenters. The van der Waals surface area contributed by atoms with E-state index in [9.17, 15) is 4.79 Å². The Morgan fingerprint density at radius 2 is 2.22 bits per heavy atom. The van der Waals surface area contributed by atoms with Crippen LogP contribution in [0.15, 0.2) is 17.1 Å². The fourth-order valence-electron chi connectivity index (χ4n) is 3.05. The van der Waals surface area contributed by atoms with Crippen molar-refractivity contribution in [2.45, 2.75) is 45.3 Å². The molecule has 2 aromatic rings. The molecule has 1 aliphatic carbocycles. The maximum Gasteiger partial charge on any atom is 0.320 e. The van der Waals surface area contributed by atoms with E-state index in [2.05, 4.69) is 16.9 Å². The van der Waals surface area contributed by atoms with Crippen LogP contribution in [0.25, 0.3) is 11.0 Å². The number of aromatic nitrogens is 3. The molecule has 1 fully saturated rings. The number of nitriles is 1. The van der Waals surface area contributed by atoms with Gasteiger partial charge in [-0.25, -0.2) is 0 Å². The van der Waals surface area contributed by atoms with E-state index in [4.69, 9.17) is 15.7 Å². The van der Waals surface area contributed by atoms with Gasteiger partial charge in [-0.3, -0.25) is 4.79 Å². The number of nitrogens with zero attached hydrogens (tertiary/aromatic N) is 4. The number of hydrogen-bond donors (Lipinski definition) is 1. The number of ether oxygens (including phenoxy) is 1. The van der Waals surface area contributed by atoms with Gasteiger partial charge < -0.3 is 15.0 Å². The smallest absolute Gasteiger partial charge is 0.320 e. The fraction of sp³-hybridized carbons (Fsp3) is 0.500. The fourth-order valence-corrected chi connectivity index (χ4v) is 3.05. The van der Waals surface area contributed by atoms with Crippen molar-refractivity contribution >= 4 is 16.9 Å². The van der Waals surface area contributed by atoms with Crippen LogP contribution < -0.4 is 15.9 Å². The van der Waals surface area contributed by atoms with Crippen LogP contribution in [0.5, 0.6) is 6.01 Å². The van der Waals surface area contributed by atoms with Crippen LogP contribution in [0.1, 0.15) is 32.6 Å². The summed E-state index contributed by atoms with van der Waals surface area (Å²) in [6.45, 7) is 2.23. The van der Waals surface area contributed by atoms with Gasteiger partial charge in [0.05, 0.1) is 6.07 Å². The van der Waals surface area contributed by atoms with Crippen molar-refractivity contribution in [2.75, 3.05) is 5.73 Å². The Hall–Kier alpha value is -2.62. The molecule has 120 valence electrons. The molecule has 0 aliphatic heterocycles. The lowest BCUT2D eigenvalue weighted by atomic mass is 9.88. The van der Waals surface area contributed by atoms with Gasteiger partial charge in [0.1, 0.15) is 23.9 Å². The molecular weight excluding hydrogens is 294 g/mol. The molecule has 0 amide bonds. The van der Waals surface area contributed by atoms with Crippen molar-refractivity contribution < 1.29 is 4.74 Å². The topological polar surface area (TPSA) is 107 Å². The van der Waals surface area contributed by atoms with Gasteiger partial charge in [-0.05, 0) is 25.2 Å². The van der Waals surface area contributed by atoms with Crippen LogP contribution in [-0.2, 0) is 6.54 Å². The summed E-state index contributed by atoms with van der Waals surface area (Å²) in [4.78, 5) is 20.5. The second-order valence-electron chi connectivity index (χ2n) is 5.97. The second-order valence-corrected chi connectivity index (χ2v) is 5.97. The molecule has 7 nitrogen and oxygen atoms in total. The van der Waals surface area contributed by atoms with Gasteiger partial charge in [0.25, 0.3) is 0 Å². The van der Waals surface area contributed by atoms with Crippen LogP contribution in [0, 0.1) is 17.2 Å². The maximum atomic E-state index is 12.0. The lowest BCUT2D eigenvalue weighted by molar-refractivity contribution is 0.0928. The molecule has 0 saturated heterocycles. The van der Waals surface area contributed by atoms with E-state index in [0.29, 0.717) is 11.6 Å². The van der Waals surface area contributed by atoms with E-state index in [1.54, 1.807) is 4.57 Å². The summed E-state index contributed by atoms with van der Waals surface area (Å²) >= 11 is 0. The van der Waals surface area contributed by atoms with Crippen molar-refractivity contribution in [3.8, 4) is 12.1 Å². The summed E-state index contributed by atoms with van der Waals surface area (Å²) in [5.41, 5.74) is 6.01. The molecule has 1 saturated carbocycles. The third-order valence-corrected chi connectivity index (χ3v) is 4.35. The van der Waals surface area contributed by atoms with Crippen molar-refractivity contribution in [1.29, 1.82) is 5.26 Å². The zero-order chi connectivity index (χ0) is 16.4. The van der Waals surface area contributed by atoms with E-state index < -0.39 is 0 Å². The second kappa shape index (κ2) is 6.24. The molecule has 0 bridgehead atoms. The van der Waals surface area contributed by atoms with Crippen molar-refractivity contribution in [3.05, 3.63) is 22.5 Å². The molecule has 2 N–H and O–H groups in total. The minimum atomic E-state index is -0.260. The first-order valence-electron chi connectivity index (χ1n) is 7.80. The van der Waals surface area contributed by atoms with Gasteiger partial charge in [0, 0.05) is 12.3 Å². The van der Waals surface area contributed by atoms with Gasteiger partial charge in [-0.1, -0.05) is 13.3 Å². The molecule has 0 spiro atoms. The summed E-state index contributed by atoms with van der Waals surface area (Å²) in [7, 11) is 0. The molecule has 2 heterocycles. The predicted molar refractivity (Wildman–Crippen MR) is 85.9 cm³/mol. The zero-order valence-corrected chi connectivity index (χ0v) is 13.0. The van der Waals surface area contributed by atoms with E-state index >= 15 is 0 Å². The third-order valence-electron chi connectivity index (χ3n) is 4.35. The van der Waals surface area contributed by atoms with Crippen molar-refractivity contribution in [3.63, 3.8) is 0 Å². The molecular formula is C16H19N5O2. The summed E-state index contributed by atoms with van der Waals surface area (Å²) < 4.78 is 7.50. The summed E-state index contributed by atoms with van der Waals surface area (Å²) in [6.07, 6.45) is 6.00. The van der Waals surface area contributed by atoms with E-state index in [1.165, 1.54) is 18.7 Å². The quantitative estimate of drug-likeness (QED) is 0.926. The van der Waals surface area contributed by atoms with Gasteiger partial charge in [0.2, 0.25) is 0 Å². The monoisotopic (exact) mass is 313 g/mol. The summed E-state index contributed by atoms with van der Waals surface area (Å²) in [5.74, 6) is 0.520. The summed E-state index contributed by atoms with van der Waals surface area (Å²) in [6, 6.07) is 3.58. The first-order chi connectivity index (χ1) is 11.1. The largest absolute Gasteiger partial charge is 0.460 e. The first kappa shape index (κ1) is 15.3. The van der Waals surface area contributed by atoms with Crippen LogP contribution in [0.2, 0.25) is 0 Å². The average molecular weight is 313 g/mol. The van der Waals surface area contributed by atoms with Crippen molar-refractivity contribution in [1.82, 2.24) is 14.5 Å². The number of anilines is 1. The van der Waals surface area contributed by atoms with Crippen LogP contribution in [0.4, 0.5) is 5.82 Å². The predicted octanol–water partition coefficient (Wildman–Crippen LogP) is 1.85. The third kappa shape index (κ3) is 2.97. The maximum absolute atomic E-state index is 12.0. The average Bonchev–Trinajstić information content (AvgIpc) is 2.52. The Morgan fingerprint density at radius 1 is 1.43 bits per heavy atom. The Balaban J connectivity index is 2.04. The van der Waals surface area contributed by atoms with Gasteiger partial charge >= 0.3 is 6.01 Å². The van der Waals surface area contributed by atoms with Gasteiger partial charge in [-0.15, -0.1) is 0 Å². The normalized spacial score (nSPS) is 21.0. The molecule has 0 aromatic carbocycles. The molecule has 3 rings (SSSR count). The number of fused-ring (bicyclic) bond motifs is 1. The Labute approximate surface area is 133 Å². The molecule has 7 heteroatoms. The Morgan fingerprint density at radius 3 is 2.96 bits per heavy atom. The van der Waals surface area contributed by atoms with Crippen LogP contribution in [-0.4, -0.2) is 20.6 Å². The van der Waals surface area contributed by atoms with Crippen LogP contribution in [0.3, 0.4) is 0 Å².